The Kier molecular flexibility index (Phi) is 6.45. The van der Waals surface area contributed by atoms with Gasteiger partial charge < -0.3 is 15.3 Å². The van der Waals surface area contributed by atoms with E-state index in [1.54, 1.807) is 0 Å². The Balaban J connectivity index is 1.60. The summed E-state index contributed by atoms with van der Waals surface area (Å²) in [4.78, 5) is 6.67. The second-order valence-electron chi connectivity index (χ2n) is 10.9. The van der Waals surface area contributed by atoms with Crippen LogP contribution in [0.4, 0.5) is 0 Å². The molecule has 4 fully saturated rings. The molecule has 1 saturated heterocycles. The average Bonchev–Trinajstić information content (AvgIpc) is 3.19. The number of hydrogen-bond acceptors (Lipinski definition) is 5. The van der Waals surface area contributed by atoms with E-state index < -0.39 is 23.2 Å². The molecule has 1 heterocycles. The van der Waals surface area contributed by atoms with E-state index in [9.17, 15) is 15.3 Å². The lowest BCUT2D eigenvalue weighted by atomic mass is 9.63. The Labute approximate surface area is 184 Å². The fraction of sp³-hybridized carbons (Fsp3) is 1.00. The van der Waals surface area contributed by atoms with Crippen LogP contribution in [-0.4, -0.2) is 50.6 Å². The molecule has 11 atom stereocenters. The lowest BCUT2D eigenvalue weighted by Crippen LogP contribution is -2.55. The zero-order chi connectivity index (χ0) is 21.0. The van der Waals surface area contributed by atoms with Gasteiger partial charge in [-0.15, -0.1) is 0 Å². The van der Waals surface area contributed by atoms with Crippen molar-refractivity contribution in [2.45, 2.75) is 101 Å². The zero-order valence-electron chi connectivity index (χ0n) is 18.2. The molecule has 0 amide bonds. The van der Waals surface area contributed by atoms with Crippen molar-refractivity contribution in [1.82, 2.24) is 5.48 Å². The number of nitrogens with one attached hydrogen (secondary N) is 1. The molecular weight excluding hydrogens is 434 g/mol. The van der Waals surface area contributed by atoms with Crippen molar-refractivity contribution < 1.29 is 20.2 Å². The van der Waals surface area contributed by atoms with Gasteiger partial charge in [-0.3, -0.25) is 4.84 Å². The third kappa shape index (κ3) is 3.54. The molecule has 0 bridgehead atoms. The van der Waals surface area contributed by atoms with Gasteiger partial charge >= 0.3 is 0 Å². The lowest BCUT2D eigenvalue weighted by molar-refractivity contribution is -0.178. The van der Waals surface area contributed by atoms with Gasteiger partial charge in [0.2, 0.25) is 0 Å². The van der Waals surface area contributed by atoms with Crippen LogP contribution in [0.15, 0.2) is 0 Å². The smallest absolute Gasteiger partial charge is 0.119 e. The van der Waals surface area contributed by atoms with Crippen molar-refractivity contribution in [1.29, 1.82) is 0 Å². The van der Waals surface area contributed by atoms with Crippen molar-refractivity contribution in [3.63, 3.8) is 0 Å². The summed E-state index contributed by atoms with van der Waals surface area (Å²) in [6, 6.07) is 0.190. The Morgan fingerprint density at radius 3 is 2.48 bits per heavy atom. The number of rotatable bonds is 3. The molecule has 0 spiro atoms. The van der Waals surface area contributed by atoms with E-state index in [2.05, 4.69) is 42.2 Å². The Hall–Kier alpha value is 0.280. The summed E-state index contributed by atoms with van der Waals surface area (Å²) in [7, 11) is 0. The third-order valence-corrected chi connectivity index (χ3v) is 10.5. The number of aliphatic hydroxyl groups is 3. The maximum atomic E-state index is 11.7. The summed E-state index contributed by atoms with van der Waals surface area (Å²) in [5.74, 6) is 1.44. The molecule has 3 aliphatic carbocycles. The second-order valence-corrected chi connectivity index (χ2v) is 12.1. The minimum atomic E-state index is -0.780. The van der Waals surface area contributed by atoms with Crippen LogP contribution >= 0.6 is 15.9 Å². The van der Waals surface area contributed by atoms with Crippen LogP contribution in [-0.2, 0) is 4.84 Å². The molecular formula is C23H40BrNO4. The number of hydrogen-bond donors (Lipinski definition) is 4. The number of hydroxylamine groups is 1. The molecule has 4 aliphatic rings. The van der Waals surface area contributed by atoms with E-state index in [1.807, 2.05) is 0 Å². The van der Waals surface area contributed by atoms with E-state index in [-0.39, 0.29) is 18.6 Å². The van der Waals surface area contributed by atoms with Crippen LogP contribution in [0.25, 0.3) is 0 Å². The standard InChI is InChI=1S/C23H40BrNO4/c1-13-8-9-16(21(28)22(3)19(27)10-14(2)20(13)22)23(12-26)11-18(25-29-23)15-6-4-5-7-17(15)24/h13-21,25-28H,4-12H2,1-3H3/t13-,14+,15?,16?,17?,18?,19?,20?,21+,22+,23?/m0/s1. The number of halogens is 1. The Bertz CT molecular complexity index is 593. The molecule has 3 saturated carbocycles. The summed E-state index contributed by atoms with van der Waals surface area (Å²) < 4.78 is 0. The first-order chi connectivity index (χ1) is 13.7. The molecule has 0 aromatic rings. The van der Waals surface area contributed by atoms with Gasteiger partial charge in [0.05, 0.1) is 18.8 Å². The highest BCUT2D eigenvalue weighted by molar-refractivity contribution is 9.09. The Morgan fingerprint density at radius 1 is 1.07 bits per heavy atom. The van der Waals surface area contributed by atoms with Crippen molar-refractivity contribution in [3.05, 3.63) is 0 Å². The highest BCUT2D eigenvalue weighted by Crippen LogP contribution is 2.59. The molecule has 0 aromatic heterocycles. The maximum Gasteiger partial charge on any atom is 0.119 e. The van der Waals surface area contributed by atoms with Gasteiger partial charge in [-0.2, -0.15) is 5.48 Å². The highest BCUT2D eigenvalue weighted by Gasteiger charge is 2.63. The fourth-order valence-electron chi connectivity index (χ4n) is 7.82. The minimum Gasteiger partial charge on any atom is -0.393 e. The molecule has 4 N–H and O–H groups in total. The summed E-state index contributed by atoms with van der Waals surface area (Å²) >= 11 is 3.87. The molecule has 29 heavy (non-hydrogen) atoms. The zero-order valence-corrected chi connectivity index (χ0v) is 19.8. The van der Waals surface area contributed by atoms with E-state index in [0.29, 0.717) is 28.5 Å². The first-order valence-corrected chi connectivity index (χ1v) is 12.7. The number of fused-ring (bicyclic) bond motifs is 1. The fourth-order valence-corrected chi connectivity index (χ4v) is 8.77. The van der Waals surface area contributed by atoms with Crippen LogP contribution < -0.4 is 5.48 Å². The molecule has 7 unspecified atom stereocenters. The molecule has 0 radical (unpaired) electrons. The lowest BCUT2D eigenvalue weighted by Gasteiger charge is -2.46. The normalized spacial score (nSPS) is 56.2. The van der Waals surface area contributed by atoms with Crippen molar-refractivity contribution >= 4 is 15.9 Å². The average molecular weight is 474 g/mol. The first kappa shape index (κ1) is 22.5. The van der Waals surface area contributed by atoms with Gasteiger partial charge in [-0.25, -0.2) is 0 Å². The summed E-state index contributed by atoms with van der Waals surface area (Å²) in [6.07, 6.45) is 6.95. The van der Waals surface area contributed by atoms with Gasteiger partial charge in [0.25, 0.3) is 0 Å². The molecule has 5 nitrogen and oxygen atoms in total. The molecule has 4 rings (SSSR count). The Morgan fingerprint density at radius 2 is 1.79 bits per heavy atom. The van der Waals surface area contributed by atoms with Gasteiger partial charge in [0, 0.05) is 22.2 Å². The molecule has 0 aromatic carbocycles. The minimum absolute atomic E-state index is 0.0985. The molecule has 168 valence electrons. The summed E-state index contributed by atoms with van der Waals surface area (Å²) in [5, 5.41) is 33.2. The summed E-state index contributed by atoms with van der Waals surface area (Å²) in [5.41, 5.74) is 1.95. The van der Waals surface area contributed by atoms with Gasteiger partial charge in [-0.05, 0) is 62.2 Å². The van der Waals surface area contributed by atoms with Crippen molar-refractivity contribution in [2.75, 3.05) is 6.61 Å². The monoisotopic (exact) mass is 473 g/mol. The van der Waals surface area contributed by atoms with Gasteiger partial charge in [-0.1, -0.05) is 49.5 Å². The number of alkyl halides is 1. The highest BCUT2D eigenvalue weighted by atomic mass is 79.9. The van der Waals surface area contributed by atoms with Crippen LogP contribution in [0.5, 0.6) is 0 Å². The van der Waals surface area contributed by atoms with E-state index in [4.69, 9.17) is 4.84 Å². The van der Waals surface area contributed by atoms with Crippen LogP contribution in [0.1, 0.15) is 72.1 Å². The van der Waals surface area contributed by atoms with E-state index in [1.165, 1.54) is 25.7 Å². The SMILES string of the molecule is C[C@@H]1CC(O)[C@]2(C)C1[C@@H](C)CCC(C1(CO)CC(C3CCCCC3Br)NO1)[C@H]2O. The van der Waals surface area contributed by atoms with Crippen LogP contribution in [0.2, 0.25) is 0 Å². The molecule has 1 aliphatic heterocycles. The second kappa shape index (κ2) is 8.32. The summed E-state index contributed by atoms with van der Waals surface area (Å²) in [6.45, 7) is 6.46. The quantitative estimate of drug-likeness (QED) is 0.472. The van der Waals surface area contributed by atoms with Gasteiger partial charge in [0.15, 0.2) is 0 Å². The van der Waals surface area contributed by atoms with E-state index >= 15 is 0 Å². The van der Waals surface area contributed by atoms with Crippen molar-refractivity contribution in [2.24, 2.45) is 35.0 Å². The third-order valence-electron chi connectivity index (χ3n) is 9.38. The molecule has 6 heteroatoms. The van der Waals surface area contributed by atoms with Crippen LogP contribution in [0.3, 0.4) is 0 Å². The first-order valence-electron chi connectivity index (χ1n) is 11.8. The van der Waals surface area contributed by atoms with E-state index in [0.717, 1.165) is 25.7 Å². The van der Waals surface area contributed by atoms with Crippen molar-refractivity contribution in [3.8, 4) is 0 Å². The topological polar surface area (TPSA) is 82.0 Å². The van der Waals surface area contributed by atoms with Crippen LogP contribution in [0, 0.1) is 35.0 Å². The van der Waals surface area contributed by atoms with Gasteiger partial charge in [0.1, 0.15) is 5.60 Å². The predicted octanol–water partition coefficient (Wildman–Crippen LogP) is 3.39. The largest absolute Gasteiger partial charge is 0.393 e. The predicted molar refractivity (Wildman–Crippen MR) is 116 cm³/mol. The maximum absolute atomic E-state index is 11.7. The number of aliphatic hydroxyl groups excluding tert-OH is 3.